The van der Waals surface area contributed by atoms with Crippen LogP contribution in [0.2, 0.25) is 0 Å². The van der Waals surface area contributed by atoms with Gasteiger partial charge in [-0.1, -0.05) is 0 Å². The molecule has 2 aromatic rings. The van der Waals surface area contributed by atoms with E-state index in [4.69, 9.17) is 5.11 Å². The average molecular weight is 261 g/mol. The van der Waals surface area contributed by atoms with Crippen LogP contribution in [0.1, 0.15) is 21.7 Å². The first-order valence-electron chi connectivity index (χ1n) is 5.91. The summed E-state index contributed by atoms with van der Waals surface area (Å²) < 4.78 is 3.22. The second-order valence-electron chi connectivity index (χ2n) is 4.35. The van der Waals surface area contributed by atoms with Crippen LogP contribution in [0, 0.1) is 6.92 Å². The molecule has 6 heteroatoms. The summed E-state index contributed by atoms with van der Waals surface area (Å²) >= 11 is 0. The number of aromatic nitrogens is 3. The lowest BCUT2D eigenvalue weighted by Crippen LogP contribution is -2.28. The highest BCUT2D eigenvalue weighted by Crippen LogP contribution is 2.03. The van der Waals surface area contributed by atoms with Gasteiger partial charge < -0.3 is 9.67 Å². The number of carboxylic acid groups (broad SMARTS) is 1. The third kappa shape index (κ3) is 2.57. The largest absolute Gasteiger partial charge is 0.477 e. The molecule has 19 heavy (non-hydrogen) atoms. The van der Waals surface area contributed by atoms with E-state index < -0.39 is 11.5 Å². The Morgan fingerprint density at radius 1 is 1.37 bits per heavy atom. The van der Waals surface area contributed by atoms with E-state index >= 15 is 0 Å². The van der Waals surface area contributed by atoms with Gasteiger partial charge in [-0.3, -0.25) is 9.48 Å². The zero-order valence-electron chi connectivity index (χ0n) is 10.8. The summed E-state index contributed by atoms with van der Waals surface area (Å²) in [6, 6.07) is 4.87. The molecule has 1 N–H and O–H groups in total. The van der Waals surface area contributed by atoms with Gasteiger partial charge in [0.2, 0.25) is 0 Å². The van der Waals surface area contributed by atoms with E-state index in [0.717, 1.165) is 11.4 Å². The summed E-state index contributed by atoms with van der Waals surface area (Å²) in [5.41, 5.74) is 1.08. The molecular formula is C13H15N3O3. The summed E-state index contributed by atoms with van der Waals surface area (Å²) in [4.78, 5) is 23.0. The molecule has 6 nitrogen and oxygen atoms in total. The lowest BCUT2D eigenvalue weighted by Gasteiger charge is -2.10. The van der Waals surface area contributed by atoms with Crippen LogP contribution in [0.4, 0.5) is 0 Å². The molecule has 0 spiro atoms. The predicted molar refractivity (Wildman–Crippen MR) is 69.3 cm³/mol. The summed E-state index contributed by atoms with van der Waals surface area (Å²) in [7, 11) is 1.83. The van der Waals surface area contributed by atoms with Crippen molar-refractivity contribution in [2.45, 2.75) is 19.9 Å². The number of hydrogen-bond acceptors (Lipinski definition) is 3. The first kappa shape index (κ1) is 13.1. The summed E-state index contributed by atoms with van der Waals surface area (Å²) in [6.45, 7) is 2.22. The van der Waals surface area contributed by atoms with Crippen molar-refractivity contribution in [3.8, 4) is 0 Å². The number of carbonyl (C=O) groups is 1. The van der Waals surface area contributed by atoms with Gasteiger partial charge in [0.05, 0.1) is 0 Å². The van der Waals surface area contributed by atoms with Gasteiger partial charge in [-0.25, -0.2) is 4.79 Å². The quantitative estimate of drug-likeness (QED) is 0.884. The maximum absolute atomic E-state index is 12.0. The molecule has 0 aromatic carbocycles. The topological polar surface area (TPSA) is 77.1 Å². The minimum absolute atomic E-state index is 0.199. The number of hydrogen-bond donors (Lipinski definition) is 1. The minimum Gasteiger partial charge on any atom is -0.477 e. The van der Waals surface area contributed by atoms with E-state index in [1.165, 1.54) is 10.6 Å². The van der Waals surface area contributed by atoms with Gasteiger partial charge in [0.25, 0.3) is 5.56 Å². The standard InChI is InChI=1S/C13H15N3O3/c1-9-3-4-11(13(18)19)12(17)16(9)8-6-10-5-7-14-15(10)2/h3-5,7H,6,8H2,1-2H3,(H,18,19). The van der Waals surface area contributed by atoms with Crippen molar-refractivity contribution < 1.29 is 9.90 Å². The normalized spacial score (nSPS) is 10.6. The van der Waals surface area contributed by atoms with Crippen molar-refractivity contribution in [2.75, 3.05) is 0 Å². The van der Waals surface area contributed by atoms with E-state index in [-0.39, 0.29) is 5.56 Å². The molecule has 0 aliphatic rings. The van der Waals surface area contributed by atoms with Crippen LogP contribution in [-0.4, -0.2) is 25.4 Å². The van der Waals surface area contributed by atoms with Crippen LogP contribution >= 0.6 is 0 Å². The second-order valence-corrected chi connectivity index (χ2v) is 4.35. The Balaban J connectivity index is 2.30. The first-order chi connectivity index (χ1) is 9.00. The van der Waals surface area contributed by atoms with E-state index in [0.29, 0.717) is 13.0 Å². The third-order valence-electron chi connectivity index (χ3n) is 3.14. The highest BCUT2D eigenvalue weighted by molar-refractivity contribution is 5.87. The third-order valence-corrected chi connectivity index (χ3v) is 3.14. The Morgan fingerprint density at radius 2 is 2.11 bits per heavy atom. The van der Waals surface area contributed by atoms with Crippen LogP contribution in [0.25, 0.3) is 0 Å². The second kappa shape index (κ2) is 5.09. The minimum atomic E-state index is -1.20. The maximum atomic E-state index is 12.0. The maximum Gasteiger partial charge on any atom is 0.341 e. The van der Waals surface area contributed by atoms with Gasteiger partial charge in [-0.2, -0.15) is 5.10 Å². The number of aryl methyl sites for hydroxylation is 3. The molecule has 0 saturated heterocycles. The molecule has 0 fully saturated rings. The molecular weight excluding hydrogens is 246 g/mol. The van der Waals surface area contributed by atoms with Crippen molar-refractivity contribution in [3.05, 3.63) is 51.7 Å². The van der Waals surface area contributed by atoms with Gasteiger partial charge in [-0.05, 0) is 25.1 Å². The van der Waals surface area contributed by atoms with Gasteiger partial charge in [-0.15, -0.1) is 0 Å². The summed E-state index contributed by atoms with van der Waals surface area (Å²) in [5, 5.41) is 13.0. The highest BCUT2D eigenvalue weighted by atomic mass is 16.4. The monoisotopic (exact) mass is 261 g/mol. The molecule has 0 aliphatic carbocycles. The number of nitrogens with zero attached hydrogens (tertiary/aromatic N) is 3. The van der Waals surface area contributed by atoms with E-state index in [2.05, 4.69) is 5.10 Å². The lowest BCUT2D eigenvalue weighted by molar-refractivity contribution is 0.0694. The van der Waals surface area contributed by atoms with E-state index in [1.807, 2.05) is 13.1 Å². The summed E-state index contributed by atoms with van der Waals surface area (Å²) in [6.07, 6.45) is 2.32. The number of carboxylic acids is 1. The SMILES string of the molecule is Cc1ccc(C(=O)O)c(=O)n1CCc1ccnn1C. The lowest BCUT2D eigenvalue weighted by atomic mass is 10.2. The first-order valence-corrected chi connectivity index (χ1v) is 5.91. The predicted octanol–water partition coefficient (Wildman–Crippen LogP) is 0.831. The van der Waals surface area contributed by atoms with Gasteiger partial charge in [0.15, 0.2) is 0 Å². The smallest absolute Gasteiger partial charge is 0.341 e. The van der Waals surface area contributed by atoms with Crippen LogP contribution in [-0.2, 0) is 20.0 Å². The molecule has 0 unspecified atom stereocenters. The number of rotatable bonds is 4. The average Bonchev–Trinajstić information content (AvgIpc) is 2.74. The summed E-state index contributed by atoms with van der Waals surface area (Å²) in [5.74, 6) is -1.20. The van der Waals surface area contributed by atoms with Gasteiger partial charge >= 0.3 is 5.97 Å². The molecule has 0 bridgehead atoms. The molecule has 0 saturated carbocycles. The Morgan fingerprint density at radius 3 is 2.68 bits per heavy atom. The number of aromatic carboxylic acids is 1. The molecule has 0 amide bonds. The van der Waals surface area contributed by atoms with Gasteiger partial charge in [0, 0.05) is 37.6 Å². The Kier molecular flexibility index (Phi) is 3.50. The molecule has 2 heterocycles. The molecule has 100 valence electrons. The van der Waals surface area contributed by atoms with Crippen molar-refractivity contribution in [2.24, 2.45) is 7.05 Å². The van der Waals surface area contributed by atoms with Crippen LogP contribution < -0.4 is 5.56 Å². The number of pyridine rings is 1. The van der Waals surface area contributed by atoms with E-state index in [9.17, 15) is 9.59 Å². The van der Waals surface area contributed by atoms with Crippen molar-refractivity contribution in [3.63, 3.8) is 0 Å². The molecule has 2 rings (SSSR count). The van der Waals surface area contributed by atoms with Crippen LogP contribution in [0.5, 0.6) is 0 Å². The van der Waals surface area contributed by atoms with E-state index in [1.54, 1.807) is 23.9 Å². The zero-order valence-corrected chi connectivity index (χ0v) is 10.8. The fourth-order valence-electron chi connectivity index (χ4n) is 1.98. The highest BCUT2D eigenvalue weighted by Gasteiger charge is 2.12. The molecule has 0 aliphatic heterocycles. The zero-order chi connectivity index (χ0) is 14.0. The van der Waals surface area contributed by atoms with Crippen LogP contribution in [0.3, 0.4) is 0 Å². The Hall–Kier alpha value is -2.37. The van der Waals surface area contributed by atoms with Gasteiger partial charge in [0.1, 0.15) is 5.56 Å². The molecule has 0 atom stereocenters. The molecule has 2 aromatic heterocycles. The van der Waals surface area contributed by atoms with Crippen molar-refractivity contribution >= 4 is 5.97 Å². The fraction of sp³-hybridized carbons (Fsp3) is 0.308. The Bertz CT molecular complexity index is 670. The Labute approximate surface area is 109 Å². The van der Waals surface area contributed by atoms with Crippen LogP contribution in [0.15, 0.2) is 29.2 Å². The van der Waals surface area contributed by atoms with Crippen molar-refractivity contribution in [1.29, 1.82) is 0 Å². The molecule has 0 radical (unpaired) electrons. The van der Waals surface area contributed by atoms with Crippen molar-refractivity contribution in [1.82, 2.24) is 14.3 Å². The fourth-order valence-corrected chi connectivity index (χ4v) is 1.98.